The fourth-order valence-corrected chi connectivity index (χ4v) is 5.14. The number of carbonyl (C=O) groups excluding carboxylic acids is 2. The van der Waals surface area contributed by atoms with Crippen LogP contribution in [0.1, 0.15) is 36.0 Å². The molecule has 2 fully saturated rings. The number of rotatable bonds is 6. The molecule has 0 radical (unpaired) electrons. The molecular weight excluding hydrogens is 452 g/mol. The molecule has 2 aliphatic rings. The van der Waals surface area contributed by atoms with Gasteiger partial charge in [0.2, 0.25) is 5.91 Å². The van der Waals surface area contributed by atoms with Crippen LogP contribution < -0.4 is 10.6 Å². The van der Waals surface area contributed by atoms with Crippen molar-refractivity contribution in [2.45, 2.75) is 37.8 Å². The zero-order valence-electron chi connectivity index (χ0n) is 20.2. The molecular formula is C28H30N6O2. The van der Waals surface area contributed by atoms with Gasteiger partial charge in [-0.05, 0) is 62.1 Å². The summed E-state index contributed by atoms with van der Waals surface area (Å²) in [5.74, 6) is -0.127. The highest BCUT2D eigenvalue weighted by atomic mass is 16.2. The number of hydrogen-bond acceptors (Lipinski definition) is 6. The molecule has 8 nitrogen and oxygen atoms in total. The van der Waals surface area contributed by atoms with Crippen LogP contribution in [0.3, 0.4) is 0 Å². The van der Waals surface area contributed by atoms with Crippen molar-refractivity contribution >= 4 is 34.1 Å². The van der Waals surface area contributed by atoms with Crippen molar-refractivity contribution < 1.29 is 9.59 Å². The maximum atomic E-state index is 13.0. The van der Waals surface area contributed by atoms with E-state index in [1.54, 1.807) is 11.1 Å². The first kappa shape index (κ1) is 23.8. The number of fused-ring (bicyclic) bond motifs is 1. The minimum absolute atomic E-state index is 0.0619. The second kappa shape index (κ2) is 10.8. The highest BCUT2D eigenvalue weighted by Gasteiger charge is 2.30. The van der Waals surface area contributed by atoms with Gasteiger partial charge in [0.25, 0.3) is 5.91 Å². The average Bonchev–Trinajstić information content (AvgIpc) is 3.40. The van der Waals surface area contributed by atoms with E-state index in [0.717, 1.165) is 55.5 Å². The number of anilines is 2. The van der Waals surface area contributed by atoms with E-state index in [4.69, 9.17) is 0 Å². The standard InChI is InChI=1S/C28H30N6O2/c29-18-22-8-5-15-34(22)26(35)19-33-16-12-21(13-17-33)31-25-11-10-24(27-23(25)9-4-14-30-27)28(36)32-20-6-2-1-3-7-20/h1-4,6-7,9-11,14,21-22,31H,5,8,12-13,15-17,19H2,(H,32,36)/t22-/m0/s1. The molecule has 8 heteroatoms. The number of pyridine rings is 1. The van der Waals surface area contributed by atoms with E-state index in [0.29, 0.717) is 24.2 Å². The van der Waals surface area contributed by atoms with Gasteiger partial charge in [0.05, 0.1) is 23.7 Å². The summed E-state index contributed by atoms with van der Waals surface area (Å²) in [6, 6.07) is 19.3. The lowest BCUT2D eigenvalue weighted by molar-refractivity contribution is -0.132. The van der Waals surface area contributed by atoms with E-state index in [-0.39, 0.29) is 23.9 Å². The van der Waals surface area contributed by atoms with E-state index >= 15 is 0 Å². The maximum Gasteiger partial charge on any atom is 0.257 e. The number of carbonyl (C=O) groups is 2. The number of amides is 2. The van der Waals surface area contributed by atoms with Gasteiger partial charge in [-0.15, -0.1) is 0 Å². The molecule has 5 rings (SSSR count). The maximum absolute atomic E-state index is 13.0. The molecule has 0 spiro atoms. The Labute approximate surface area is 210 Å². The monoisotopic (exact) mass is 482 g/mol. The fraction of sp³-hybridized carbons (Fsp3) is 0.357. The summed E-state index contributed by atoms with van der Waals surface area (Å²) in [5, 5.41) is 16.8. The first-order valence-electron chi connectivity index (χ1n) is 12.5. The lowest BCUT2D eigenvalue weighted by Crippen LogP contribution is -2.46. The smallest absolute Gasteiger partial charge is 0.257 e. The molecule has 2 amide bonds. The van der Waals surface area contributed by atoms with Crippen LogP contribution in [0.15, 0.2) is 60.8 Å². The molecule has 2 N–H and O–H groups in total. The van der Waals surface area contributed by atoms with Gasteiger partial charge in [0, 0.05) is 48.6 Å². The van der Waals surface area contributed by atoms with Gasteiger partial charge in [-0.25, -0.2) is 0 Å². The molecule has 2 aliphatic heterocycles. The van der Waals surface area contributed by atoms with E-state index in [1.165, 1.54) is 0 Å². The van der Waals surface area contributed by atoms with Gasteiger partial charge in [0.15, 0.2) is 0 Å². The predicted octanol–water partition coefficient (Wildman–Crippen LogP) is 3.88. The van der Waals surface area contributed by atoms with Gasteiger partial charge < -0.3 is 15.5 Å². The zero-order valence-corrected chi connectivity index (χ0v) is 20.2. The number of nitrogens with one attached hydrogen (secondary N) is 2. The summed E-state index contributed by atoms with van der Waals surface area (Å²) in [6.07, 6.45) is 5.22. The van der Waals surface area contributed by atoms with Gasteiger partial charge in [-0.2, -0.15) is 5.26 Å². The Morgan fingerprint density at radius 1 is 1.00 bits per heavy atom. The lowest BCUT2D eigenvalue weighted by atomic mass is 10.0. The van der Waals surface area contributed by atoms with Crippen molar-refractivity contribution in [3.63, 3.8) is 0 Å². The van der Waals surface area contributed by atoms with Crippen molar-refractivity contribution in [1.82, 2.24) is 14.8 Å². The topological polar surface area (TPSA) is 101 Å². The molecule has 2 aromatic carbocycles. The molecule has 2 saturated heterocycles. The Hall–Kier alpha value is -3.96. The number of benzene rings is 2. The molecule has 1 aromatic heterocycles. The molecule has 1 atom stereocenters. The van der Waals surface area contributed by atoms with E-state index in [9.17, 15) is 14.9 Å². The number of nitriles is 1. The second-order valence-electron chi connectivity index (χ2n) is 9.45. The first-order chi connectivity index (χ1) is 17.6. The largest absolute Gasteiger partial charge is 0.382 e. The Kier molecular flexibility index (Phi) is 7.10. The highest BCUT2D eigenvalue weighted by Crippen LogP contribution is 2.28. The summed E-state index contributed by atoms with van der Waals surface area (Å²) in [6.45, 7) is 2.71. The van der Waals surface area contributed by atoms with Crippen molar-refractivity contribution in [1.29, 1.82) is 5.26 Å². The quantitative estimate of drug-likeness (QED) is 0.553. The van der Waals surface area contributed by atoms with Crippen LogP contribution >= 0.6 is 0 Å². The Balaban J connectivity index is 1.22. The van der Waals surface area contributed by atoms with Gasteiger partial charge >= 0.3 is 0 Å². The third-order valence-corrected chi connectivity index (χ3v) is 7.07. The third-order valence-electron chi connectivity index (χ3n) is 7.07. The van der Waals surface area contributed by atoms with E-state index in [2.05, 4.69) is 26.6 Å². The number of aromatic nitrogens is 1. The Bertz CT molecular complexity index is 1280. The zero-order chi connectivity index (χ0) is 24.9. The number of piperidine rings is 1. The number of hydrogen-bond donors (Lipinski definition) is 2. The van der Waals surface area contributed by atoms with E-state index in [1.807, 2.05) is 54.6 Å². The average molecular weight is 483 g/mol. The summed E-state index contributed by atoms with van der Waals surface area (Å²) in [5.41, 5.74) is 2.90. The summed E-state index contributed by atoms with van der Waals surface area (Å²) in [4.78, 5) is 34.1. The summed E-state index contributed by atoms with van der Waals surface area (Å²) >= 11 is 0. The number of para-hydroxylation sites is 1. The first-order valence-corrected chi connectivity index (χ1v) is 12.5. The van der Waals surface area contributed by atoms with Crippen LogP contribution in [-0.4, -0.2) is 64.9 Å². The highest BCUT2D eigenvalue weighted by molar-refractivity contribution is 6.13. The number of nitrogens with zero attached hydrogens (tertiary/aromatic N) is 4. The summed E-state index contributed by atoms with van der Waals surface area (Å²) in [7, 11) is 0. The van der Waals surface area contributed by atoms with Gasteiger partial charge in [-0.3, -0.25) is 19.5 Å². The Morgan fingerprint density at radius 2 is 1.81 bits per heavy atom. The molecule has 36 heavy (non-hydrogen) atoms. The minimum Gasteiger partial charge on any atom is -0.382 e. The van der Waals surface area contributed by atoms with Gasteiger partial charge in [0.1, 0.15) is 6.04 Å². The van der Waals surface area contributed by atoms with Crippen LogP contribution in [0.5, 0.6) is 0 Å². The number of likely N-dealkylation sites (tertiary alicyclic amines) is 2. The summed E-state index contributed by atoms with van der Waals surface area (Å²) < 4.78 is 0. The second-order valence-corrected chi connectivity index (χ2v) is 9.45. The lowest BCUT2D eigenvalue weighted by Gasteiger charge is -2.33. The molecule has 0 aliphatic carbocycles. The van der Waals surface area contributed by atoms with Crippen molar-refractivity contribution in [2.75, 3.05) is 36.8 Å². The minimum atomic E-state index is -0.267. The molecule has 3 aromatic rings. The van der Waals surface area contributed by atoms with E-state index < -0.39 is 0 Å². The van der Waals surface area contributed by atoms with Gasteiger partial charge in [-0.1, -0.05) is 18.2 Å². The molecule has 184 valence electrons. The normalized spacial score (nSPS) is 18.6. The molecule has 0 unspecified atom stereocenters. The fourth-order valence-electron chi connectivity index (χ4n) is 5.14. The van der Waals surface area contributed by atoms with Crippen LogP contribution in [0.4, 0.5) is 11.4 Å². The molecule has 0 saturated carbocycles. The van der Waals surface area contributed by atoms with Crippen LogP contribution in [0.25, 0.3) is 10.9 Å². The molecule has 3 heterocycles. The van der Waals surface area contributed by atoms with Crippen molar-refractivity contribution in [3.8, 4) is 6.07 Å². The van der Waals surface area contributed by atoms with Crippen LogP contribution in [0, 0.1) is 11.3 Å². The Morgan fingerprint density at radius 3 is 2.58 bits per heavy atom. The third kappa shape index (κ3) is 5.16. The van der Waals surface area contributed by atoms with Crippen molar-refractivity contribution in [2.24, 2.45) is 0 Å². The van der Waals surface area contributed by atoms with Crippen LogP contribution in [-0.2, 0) is 4.79 Å². The van der Waals surface area contributed by atoms with Crippen molar-refractivity contribution in [3.05, 3.63) is 66.4 Å². The molecule has 0 bridgehead atoms. The van der Waals surface area contributed by atoms with Crippen LogP contribution in [0.2, 0.25) is 0 Å². The predicted molar refractivity (Wildman–Crippen MR) is 140 cm³/mol. The SMILES string of the molecule is N#C[C@@H]1CCCN1C(=O)CN1CCC(Nc2ccc(C(=O)Nc3ccccc3)c3ncccc23)CC1.